The molecule has 1 aromatic carbocycles. The topological polar surface area (TPSA) is 62.8 Å². The van der Waals surface area contributed by atoms with Gasteiger partial charge < -0.3 is 9.52 Å². The van der Waals surface area contributed by atoms with Crippen molar-refractivity contribution in [3.8, 4) is 5.75 Å². The Morgan fingerprint density at radius 3 is 2.76 bits per heavy atom. The largest absolute Gasteiger partial charge is 0.503 e. The molecule has 0 aliphatic heterocycles. The van der Waals surface area contributed by atoms with Gasteiger partial charge in [0.2, 0.25) is 5.82 Å². The molecule has 88 valence electrons. The molecule has 0 atom stereocenters. The van der Waals surface area contributed by atoms with Crippen LogP contribution in [0.1, 0.15) is 5.56 Å². The number of hydrogen-bond acceptors (Lipinski definition) is 4. The summed E-state index contributed by atoms with van der Waals surface area (Å²) in [4.78, 5) is 14.7. The third kappa shape index (κ3) is 1.77. The highest BCUT2D eigenvalue weighted by Crippen LogP contribution is 2.29. The van der Waals surface area contributed by atoms with Gasteiger partial charge in [0, 0.05) is 11.5 Å². The Hall–Kier alpha value is -2.24. The van der Waals surface area contributed by atoms with Crippen LogP contribution in [0.4, 0.5) is 8.78 Å². The summed E-state index contributed by atoms with van der Waals surface area (Å²) in [5, 5.41) is 9.11. The lowest BCUT2D eigenvalue weighted by atomic mass is 10.1. The van der Waals surface area contributed by atoms with Crippen LogP contribution >= 0.6 is 0 Å². The second kappa shape index (κ2) is 3.97. The number of phenolic OH excluding ortho intramolecular Hbond substituents is 1. The molecule has 0 saturated carbocycles. The lowest BCUT2D eigenvalue weighted by Crippen LogP contribution is -2.02. The predicted molar refractivity (Wildman–Crippen MR) is 57.3 cm³/mol. The van der Waals surface area contributed by atoms with E-state index in [9.17, 15) is 13.6 Å². The minimum atomic E-state index is -1.30. The number of rotatable bonds is 2. The van der Waals surface area contributed by atoms with Crippen molar-refractivity contribution < 1.29 is 18.3 Å². The standard InChI is InChI=1S/C11H7F2NO3/c1-14-4-5-2-8(15)17-11-6(5)3-7(12)10(16)9(11)13/h2-3,16H,1,4H2. The van der Waals surface area contributed by atoms with Crippen molar-refractivity contribution >= 4 is 17.7 Å². The highest BCUT2D eigenvalue weighted by Gasteiger charge is 2.17. The van der Waals surface area contributed by atoms with Crippen LogP contribution in [-0.4, -0.2) is 11.8 Å². The summed E-state index contributed by atoms with van der Waals surface area (Å²) in [5.74, 6) is -3.61. The minimum absolute atomic E-state index is 0.0196. The molecule has 4 nitrogen and oxygen atoms in total. The Morgan fingerprint density at radius 1 is 1.41 bits per heavy atom. The molecule has 0 aliphatic carbocycles. The molecule has 1 aromatic heterocycles. The number of hydrogen-bond donors (Lipinski definition) is 1. The summed E-state index contributed by atoms with van der Waals surface area (Å²) in [6.45, 7) is 3.25. The van der Waals surface area contributed by atoms with Gasteiger partial charge in [-0.05, 0) is 18.3 Å². The summed E-state index contributed by atoms with van der Waals surface area (Å²) in [6, 6.07) is 1.96. The zero-order valence-corrected chi connectivity index (χ0v) is 8.54. The fraction of sp³-hybridized carbons (Fsp3) is 0.0909. The Bertz CT molecular complexity index is 664. The van der Waals surface area contributed by atoms with Gasteiger partial charge in [0.25, 0.3) is 0 Å². The maximum Gasteiger partial charge on any atom is 0.336 e. The van der Waals surface area contributed by atoms with Gasteiger partial charge in [0.1, 0.15) is 0 Å². The van der Waals surface area contributed by atoms with Gasteiger partial charge in [-0.1, -0.05) is 0 Å². The molecule has 0 bridgehead atoms. The van der Waals surface area contributed by atoms with E-state index in [-0.39, 0.29) is 17.5 Å². The smallest absolute Gasteiger partial charge is 0.336 e. The van der Waals surface area contributed by atoms with E-state index in [4.69, 9.17) is 5.11 Å². The van der Waals surface area contributed by atoms with Crippen molar-refractivity contribution in [1.82, 2.24) is 0 Å². The fourth-order valence-electron chi connectivity index (χ4n) is 1.53. The first-order valence-electron chi connectivity index (χ1n) is 4.60. The molecule has 0 fully saturated rings. The summed E-state index contributed by atoms with van der Waals surface area (Å²) < 4.78 is 31.3. The number of fused-ring (bicyclic) bond motifs is 1. The number of aromatic hydroxyl groups is 1. The molecule has 1 N–H and O–H groups in total. The zero-order valence-electron chi connectivity index (χ0n) is 8.54. The number of nitrogens with zero attached hydrogens (tertiary/aromatic N) is 1. The fourth-order valence-corrected chi connectivity index (χ4v) is 1.53. The second-order valence-electron chi connectivity index (χ2n) is 3.37. The van der Waals surface area contributed by atoms with Gasteiger partial charge in [0.15, 0.2) is 17.1 Å². The summed E-state index contributed by atoms with van der Waals surface area (Å²) in [7, 11) is 0. The molecule has 1 heterocycles. The lowest BCUT2D eigenvalue weighted by Gasteiger charge is -2.05. The molecule has 0 unspecified atom stereocenters. The SMILES string of the molecule is C=NCc1cc(=O)oc2c(F)c(O)c(F)cc12. The number of phenols is 1. The van der Waals surface area contributed by atoms with Crippen molar-refractivity contribution in [3.05, 3.63) is 39.8 Å². The first-order valence-corrected chi connectivity index (χ1v) is 4.60. The molecule has 2 rings (SSSR count). The average Bonchev–Trinajstić information content (AvgIpc) is 2.28. The van der Waals surface area contributed by atoms with Crippen LogP contribution in [0.15, 0.2) is 26.3 Å². The van der Waals surface area contributed by atoms with Gasteiger partial charge in [-0.3, -0.25) is 4.99 Å². The van der Waals surface area contributed by atoms with Crippen LogP contribution in [0.2, 0.25) is 0 Å². The van der Waals surface area contributed by atoms with Gasteiger partial charge in [-0.15, -0.1) is 0 Å². The molecular formula is C11H7F2NO3. The minimum Gasteiger partial charge on any atom is -0.503 e. The van der Waals surface area contributed by atoms with Crippen LogP contribution in [0.5, 0.6) is 5.75 Å². The van der Waals surface area contributed by atoms with E-state index in [0.717, 1.165) is 12.1 Å². The maximum absolute atomic E-state index is 13.5. The zero-order chi connectivity index (χ0) is 12.6. The summed E-state index contributed by atoms with van der Waals surface area (Å²) >= 11 is 0. The Morgan fingerprint density at radius 2 is 2.12 bits per heavy atom. The Kier molecular flexibility index (Phi) is 2.63. The lowest BCUT2D eigenvalue weighted by molar-refractivity contribution is 0.392. The second-order valence-corrected chi connectivity index (χ2v) is 3.37. The van der Waals surface area contributed by atoms with E-state index in [1.807, 2.05) is 0 Å². The molecule has 0 spiro atoms. The van der Waals surface area contributed by atoms with E-state index in [0.29, 0.717) is 0 Å². The van der Waals surface area contributed by atoms with Crippen LogP contribution in [-0.2, 0) is 6.54 Å². The first-order chi connectivity index (χ1) is 8.04. The quantitative estimate of drug-likeness (QED) is 0.643. The highest BCUT2D eigenvalue weighted by atomic mass is 19.1. The van der Waals surface area contributed by atoms with Crippen LogP contribution < -0.4 is 5.63 Å². The summed E-state index contributed by atoms with van der Waals surface area (Å²) in [5.41, 5.74) is -1.01. The molecule has 0 saturated heterocycles. The molecule has 6 heteroatoms. The molecule has 17 heavy (non-hydrogen) atoms. The third-order valence-corrected chi connectivity index (χ3v) is 2.27. The van der Waals surface area contributed by atoms with Gasteiger partial charge in [-0.25, -0.2) is 9.18 Å². The van der Waals surface area contributed by atoms with Crippen LogP contribution in [0, 0.1) is 11.6 Å². The third-order valence-electron chi connectivity index (χ3n) is 2.27. The molecular weight excluding hydrogens is 232 g/mol. The molecule has 0 aliphatic rings. The molecule has 2 aromatic rings. The number of aliphatic imine (C=N–C) groups is 1. The summed E-state index contributed by atoms with van der Waals surface area (Å²) in [6.07, 6.45) is 0. The van der Waals surface area contributed by atoms with Gasteiger partial charge >= 0.3 is 5.63 Å². The highest BCUT2D eigenvalue weighted by molar-refractivity contribution is 5.82. The van der Waals surface area contributed by atoms with E-state index >= 15 is 0 Å². The van der Waals surface area contributed by atoms with Crippen molar-refractivity contribution in [3.63, 3.8) is 0 Å². The molecule has 0 radical (unpaired) electrons. The van der Waals surface area contributed by atoms with Crippen LogP contribution in [0.25, 0.3) is 11.0 Å². The van der Waals surface area contributed by atoms with Crippen LogP contribution in [0.3, 0.4) is 0 Å². The Balaban J connectivity index is 2.94. The van der Waals surface area contributed by atoms with Crippen molar-refractivity contribution in [2.45, 2.75) is 6.54 Å². The van der Waals surface area contributed by atoms with E-state index < -0.39 is 28.6 Å². The van der Waals surface area contributed by atoms with Crippen molar-refractivity contribution in [2.24, 2.45) is 4.99 Å². The molecule has 0 amide bonds. The van der Waals surface area contributed by atoms with Gasteiger partial charge in [0.05, 0.1) is 6.54 Å². The van der Waals surface area contributed by atoms with E-state index in [2.05, 4.69) is 16.1 Å². The van der Waals surface area contributed by atoms with Gasteiger partial charge in [-0.2, -0.15) is 4.39 Å². The Labute approximate surface area is 93.8 Å². The maximum atomic E-state index is 13.5. The number of benzene rings is 1. The van der Waals surface area contributed by atoms with Crippen molar-refractivity contribution in [1.29, 1.82) is 0 Å². The average molecular weight is 239 g/mol. The number of halogens is 2. The predicted octanol–water partition coefficient (Wildman–Crippen LogP) is 1.98. The monoisotopic (exact) mass is 239 g/mol. The van der Waals surface area contributed by atoms with E-state index in [1.54, 1.807) is 0 Å². The first kappa shape index (κ1) is 11.3. The van der Waals surface area contributed by atoms with E-state index in [1.165, 1.54) is 0 Å². The normalized spacial score (nSPS) is 10.7. The van der Waals surface area contributed by atoms with Crippen molar-refractivity contribution in [2.75, 3.05) is 0 Å².